The van der Waals surface area contributed by atoms with E-state index in [-0.39, 0.29) is 6.10 Å². The lowest BCUT2D eigenvalue weighted by atomic mass is 10.1. The van der Waals surface area contributed by atoms with Crippen LogP contribution in [0.25, 0.3) is 0 Å². The largest absolute Gasteiger partial charge is 0.388 e. The SMILES string of the molecule is CCC(O)c1ccn(Cc2cc(C)no2)c1. The second kappa shape index (κ2) is 4.53. The van der Waals surface area contributed by atoms with E-state index in [1.54, 1.807) is 0 Å². The molecule has 0 radical (unpaired) electrons. The van der Waals surface area contributed by atoms with Gasteiger partial charge in [-0.25, -0.2) is 0 Å². The number of hydrogen-bond acceptors (Lipinski definition) is 3. The molecule has 0 aliphatic rings. The minimum absolute atomic E-state index is 0.377. The third kappa shape index (κ3) is 2.33. The monoisotopic (exact) mass is 220 g/mol. The van der Waals surface area contributed by atoms with Crippen molar-refractivity contribution in [2.75, 3.05) is 0 Å². The molecule has 0 bridgehead atoms. The molecule has 2 aromatic rings. The van der Waals surface area contributed by atoms with Gasteiger partial charge in [0.1, 0.15) is 0 Å². The first-order valence-electron chi connectivity index (χ1n) is 5.45. The summed E-state index contributed by atoms with van der Waals surface area (Å²) in [5.74, 6) is 0.825. The lowest BCUT2D eigenvalue weighted by Gasteiger charge is -2.03. The van der Waals surface area contributed by atoms with Crippen LogP contribution in [0.5, 0.6) is 0 Å². The zero-order valence-corrected chi connectivity index (χ0v) is 9.55. The van der Waals surface area contributed by atoms with Gasteiger partial charge in [-0.2, -0.15) is 0 Å². The van der Waals surface area contributed by atoms with E-state index in [4.69, 9.17) is 4.52 Å². The van der Waals surface area contributed by atoms with Gasteiger partial charge in [0.15, 0.2) is 5.76 Å². The molecule has 86 valence electrons. The van der Waals surface area contributed by atoms with Gasteiger partial charge in [-0.15, -0.1) is 0 Å². The highest BCUT2D eigenvalue weighted by Crippen LogP contribution is 2.17. The van der Waals surface area contributed by atoms with Crippen LogP contribution in [0.15, 0.2) is 29.0 Å². The average Bonchev–Trinajstić information content (AvgIpc) is 2.87. The number of nitrogens with zero attached hydrogens (tertiary/aromatic N) is 2. The second-order valence-corrected chi connectivity index (χ2v) is 3.98. The maximum absolute atomic E-state index is 9.66. The molecule has 0 saturated carbocycles. The Bertz CT molecular complexity index is 459. The maximum atomic E-state index is 9.66. The molecule has 2 rings (SSSR count). The van der Waals surface area contributed by atoms with E-state index in [0.717, 1.165) is 23.4 Å². The summed E-state index contributed by atoms with van der Waals surface area (Å²) in [5, 5.41) is 13.5. The number of aliphatic hydroxyl groups excluding tert-OH is 1. The summed E-state index contributed by atoms with van der Waals surface area (Å²) in [6.07, 6.45) is 4.22. The van der Waals surface area contributed by atoms with Crippen LogP contribution >= 0.6 is 0 Å². The summed E-state index contributed by atoms with van der Waals surface area (Å²) in [7, 11) is 0. The zero-order chi connectivity index (χ0) is 11.5. The standard InChI is InChI=1S/C12H16N2O2/c1-3-12(15)10-4-5-14(7-10)8-11-6-9(2)13-16-11/h4-7,12,15H,3,8H2,1-2H3. The van der Waals surface area contributed by atoms with E-state index in [0.29, 0.717) is 6.54 Å². The van der Waals surface area contributed by atoms with Crippen LogP contribution < -0.4 is 0 Å². The average molecular weight is 220 g/mol. The third-order valence-electron chi connectivity index (χ3n) is 2.56. The number of hydrogen-bond donors (Lipinski definition) is 1. The highest BCUT2D eigenvalue weighted by Gasteiger charge is 2.07. The Morgan fingerprint density at radius 3 is 3.00 bits per heavy atom. The fourth-order valence-electron chi connectivity index (χ4n) is 1.66. The highest BCUT2D eigenvalue weighted by atomic mass is 16.5. The molecule has 2 heterocycles. The van der Waals surface area contributed by atoms with Gasteiger partial charge >= 0.3 is 0 Å². The molecule has 0 aliphatic carbocycles. The number of rotatable bonds is 4. The van der Waals surface area contributed by atoms with Crippen LogP contribution in [0, 0.1) is 6.92 Å². The zero-order valence-electron chi connectivity index (χ0n) is 9.55. The van der Waals surface area contributed by atoms with E-state index in [9.17, 15) is 5.11 Å². The van der Waals surface area contributed by atoms with Crippen molar-refractivity contribution < 1.29 is 9.63 Å². The van der Waals surface area contributed by atoms with Crippen molar-refractivity contribution in [1.29, 1.82) is 0 Å². The Morgan fingerprint density at radius 1 is 1.56 bits per heavy atom. The molecule has 0 saturated heterocycles. The van der Waals surface area contributed by atoms with Crippen molar-refractivity contribution in [2.24, 2.45) is 0 Å². The number of aromatic nitrogens is 2. The molecule has 0 spiro atoms. The molecular weight excluding hydrogens is 204 g/mol. The van der Waals surface area contributed by atoms with Crippen LogP contribution in [0.1, 0.15) is 36.5 Å². The van der Waals surface area contributed by atoms with Crippen molar-refractivity contribution in [2.45, 2.75) is 32.9 Å². The number of aryl methyl sites for hydroxylation is 1. The third-order valence-corrected chi connectivity index (χ3v) is 2.56. The quantitative estimate of drug-likeness (QED) is 0.860. The predicted molar refractivity (Wildman–Crippen MR) is 60.0 cm³/mol. The maximum Gasteiger partial charge on any atom is 0.156 e. The molecule has 1 N–H and O–H groups in total. The van der Waals surface area contributed by atoms with Crippen LogP contribution in [-0.2, 0) is 6.54 Å². The van der Waals surface area contributed by atoms with E-state index in [2.05, 4.69) is 5.16 Å². The van der Waals surface area contributed by atoms with E-state index < -0.39 is 0 Å². The molecule has 1 atom stereocenters. The summed E-state index contributed by atoms with van der Waals surface area (Å²) >= 11 is 0. The van der Waals surface area contributed by atoms with Gasteiger partial charge in [0.2, 0.25) is 0 Å². The van der Waals surface area contributed by atoms with E-state index >= 15 is 0 Å². The molecule has 4 heteroatoms. The van der Waals surface area contributed by atoms with Crippen molar-refractivity contribution in [3.8, 4) is 0 Å². The van der Waals surface area contributed by atoms with Gasteiger partial charge in [0, 0.05) is 18.5 Å². The molecule has 0 fully saturated rings. The van der Waals surface area contributed by atoms with Crippen molar-refractivity contribution in [3.05, 3.63) is 41.5 Å². The molecule has 4 nitrogen and oxygen atoms in total. The van der Waals surface area contributed by atoms with Gasteiger partial charge in [-0.05, 0) is 25.0 Å². The summed E-state index contributed by atoms with van der Waals surface area (Å²) in [4.78, 5) is 0. The lowest BCUT2D eigenvalue weighted by molar-refractivity contribution is 0.173. The molecule has 0 aromatic carbocycles. The Kier molecular flexibility index (Phi) is 3.10. The Hall–Kier alpha value is -1.55. The predicted octanol–water partition coefficient (Wildman–Crippen LogP) is 2.28. The lowest BCUT2D eigenvalue weighted by Crippen LogP contribution is -1.96. The highest BCUT2D eigenvalue weighted by molar-refractivity contribution is 5.14. The molecule has 1 unspecified atom stereocenters. The van der Waals surface area contributed by atoms with Gasteiger partial charge in [-0.3, -0.25) is 0 Å². The van der Waals surface area contributed by atoms with Crippen molar-refractivity contribution in [3.63, 3.8) is 0 Å². The minimum atomic E-state index is -0.377. The first-order chi connectivity index (χ1) is 7.69. The van der Waals surface area contributed by atoms with Gasteiger partial charge in [0.25, 0.3) is 0 Å². The molecule has 16 heavy (non-hydrogen) atoms. The van der Waals surface area contributed by atoms with Crippen LogP contribution in [-0.4, -0.2) is 14.8 Å². The normalized spacial score (nSPS) is 12.9. The van der Waals surface area contributed by atoms with Crippen molar-refractivity contribution in [1.82, 2.24) is 9.72 Å². The van der Waals surface area contributed by atoms with E-state index in [1.807, 2.05) is 42.9 Å². The smallest absolute Gasteiger partial charge is 0.156 e. The van der Waals surface area contributed by atoms with E-state index in [1.165, 1.54) is 0 Å². The van der Waals surface area contributed by atoms with Crippen LogP contribution in [0.4, 0.5) is 0 Å². The summed E-state index contributed by atoms with van der Waals surface area (Å²) in [6, 6.07) is 3.84. The fourth-order valence-corrected chi connectivity index (χ4v) is 1.66. The Balaban J connectivity index is 2.08. The molecule has 0 amide bonds. The van der Waals surface area contributed by atoms with Crippen LogP contribution in [0.2, 0.25) is 0 Å². The summed E-state index contributed by atoms with van der Waals surface area (Å²) in [6.45, 7) is 4.51. The Labute approximate surface area is 94.5 Å². The first kappa shape index (κ1) is 11.0. The Morgan fingerprint density at radius 2 is 2.38 bits per heavy atom. The molecule has 2 aromatic heterocycles. The first-order valence-corrected chi connectivity index (χ1v) is 5.45. The molecule has 0 aliphatic heterocycles. The van der Waals surface area contributed by atoms with Crippen molar-refractivity contribution >= 4 is 0 Å². The second-order valence-electron chi connectivity index (χ2n) is 3.98. The topological polar surface area (TPSA) is 51.2 Å². The minimum Gasteiger partial charge on any atom is -0.388 e. The summed E-state index contributed by atoms with van der Waals surface area (Å²) in [5.41, 5.74) is 1.83. The van der Waals surface area contributed by atoms with Crippen LogP contribution in [0.3, 0.4) is 0 Å². The molecular formula is C12H16N2O2. The fraction of sp³-hybridized carbons (Fsp3) is 0.417. The van der Waals surface area contributed by atoms with Gasteiger partial charge in [-0.1, -0.05) is 12.1 Å². The van der Waals surface area contributed by atoms with Gasteiger partial charge in [0.05, 0.1) is 18.3 Å². The number of aliphatic hydroxyl groups is 1. The van der Waals surface area contributed by atoms with Gasteiger partial charge < -0.3 is 14.2 Å². The summed E-state index contributed by atoms with van der Waals surface area (Å²) < 4.78 is 7.11.